The summed E-state index contributed by atoms with van der Waals surface area (Å²) >= 11 is 0. The SMILES string of the molecule is FC(F)(F)c1cccnc1OCC1CC2(CCNCC2)C1. The van der Waals surface area contributed by atoms with Gasteiger partial charge in [0.2, 0.25) is 5.88 Å². The Morgan fingerprint density at radius 3 is 2.67 bits per heavy atom. The van der Waals surface area contributed by atoms with Gasteiger partial charge in [0.15, 0.2) is 0 Å². The number of alkyl halides is 3. The Kier molecular flexibility index (Phi) is 3.82. The zero-order valence-corrected chi connectivity index (χ0v) is 11.7. The van der Waals surface area contributed by atoms with Crippen LogP contribution >= 0.6 is 0 Å². The Morgan fingerprint density at radius 2 is 2.00 bits per heavy atom. The second kappa shape index (κ2) is 5.48. The summed E-state index contributed by atoms with van der Waals surface area (Å²) in [7, 11) is 0. The largest absolute Gasteiger partial charge is 0.477 e. The van der Waals surface area contributed by atoms with Gasteiger partial charge in [-0.15, -0.1) is 0 Å². The molecule has 21 heavy (non-hydrogen) atoms. The van der Waals surface area contributed by atoms with Gasteiger partial charge in [-0.3, -0.25) is 0 Å². The first-order valence-corrected chi connectivity index (χ1v) is 7.34. The van der Waals surface area contributed by atoms with Gasteiger partial charge in [0.25, 0.3) is 0 Å². The maximum Gasteiger partial charge on any atom is 0.421 e. The molecule has 0 atom stereocenters. The fraction of sp³-hybridized carbons (Fsp3) is 0.667. The summed E-state index contributed by atoms with van der Waals surface area (Å²) in [5, 5.41) is 3.34. The molecular formula is C15H19F3N2O. The van der Waals surface area contributed by atoms with Gasteiger partial charge in [-0.05, 0) is 62.2 Å². The standard InChI is InChI=1S/C15H19F3N2O/c16-15(17,18)12-2-1-5-20-13(12)21-10-11-8-14(9-11)3-6-19-7-4-14/h1-2,5,11,19H,3-4,6-10H2. The number of aromatic nitrogens is 1. The van der Waals surface area contributed by atoms with Crippen LogP contribution in [0.4, 0.5) is 13.2 Å². The Bertz CT molecular complexity index is 490. The summed E-state index contributed by atoms with van der Waals surface area (Å²) in [6, 6.07) is 2.29. The first-order chi connectivity index (χ1) is 9.99. The molecule has 1 N–H and O–H groups in total. The van der Waals surface area contributed by atoms with Crippen LogP contribution in [0.1, 0.15) is 31.2 Å². The molecule has 1 saturated heterocycles. The quantitative estimate of drug-likeness (QED) is 0.930. The second-order valence-electron chi connectivity index (χ2n) is 6.19. The predicted octanol–water partition coefficient (Wildman–Crippen LogP) is 3.26. The normalized spacial score (nSPS) is 22.0. The van der Waals surface area contributed by atoms with Crippen molar-refractivity contribution in [1.29, 1.82) is 0 Å². The lowest BCUT2D eigenvalue weighted by atomic mass is 9.58. The van der Waals surface area contributed by atoms with E-state index < -0.39 is 11.7 Å². The van der Waals surface area contributed by atoms with Crippen molar-refractivity contribution in [2.45, 2.75) is 31.9 Å². The van der Waals surface area contributed by atoms with Crippen molar-refractivity contribution in [3.05, 3.63) is 23.9 Å². The third kappa shape index (κ3) is 3.15. The van der Waals surface area contributed by atoms with Gasteiger partial charge in [-0.2, -0.15) is 13.2 Å². The first kappa shape index (κ1) is 14.6. The van der Waals surface area contributed by atoms with E-state index in [-0.39, 0.29) is 5.88 Å². The Labute approximate surface area is 121 Å². The second-order valence-corrected chi connectivity index (χ2v) is 6.19. The fourth-order valence-corrected chi connectivity index (χ4v) is 3.57. The topological polar surface area (TPSA) is 34.1 Å². The van der Waals surface area contributed by atoms with Crippen molar-refractivity contribution in [1.82, 2.24) is 10.3 Å². The minimum atomic E-state index is -4.42. The molecule has 0 aromatic carbocycles. The van der Waals surface area contributed by atoms with E-state index in [0.717, 1.165) is 32.0 Å². The Balaban J connectivity index is 1.55. The molecule has 2 aliphatic rings. The number of piperidine rings is 1. The van der Waals surface area contributed by atoms with Crippen molar-refractivity contribution in [3.8, 4) is 5.88 Å². The Hall–Kier alpha value is -1.30. The van der Waals surface area contributed by atoms with Crippen LogP contribution in [0, 0.1) is 11.3 Å². The number of nitrogens with one attached hydrogen (secondary N) is 1. The lowest BCUT2D eigenvalue weighted by molar-refractivity contribution is -0.139. The molecule has 0 amide bonds. The van der Waals surface area contributed by atoms with Crippen molar-refractivity contribution >= 4 is 0 Å². The lowest BCUT2D eigenvalue weighted by Gasteiger charge is -2.50. The smallest absolute Gasteiger partial charge is 0.421 e. The zero-order chi connectivity index (χ0) is 14.9. The predicted molar refractivity (Wildman–Crippen MR) is 72.0 cm³/mol. The monoisotopic (exact) mass is 300 g/mol. The maximum absolute atomic E-state index is 12.8. The summed E-state index contributed by atoms with van der Waals surface area (Å²) in [5.74, 6) is 0.0578. The lowest BCUT2D eigenvalue weighted by Crippen LogP contribution is -2.47. The van der Waals surface area contributed by atoms with Crippen LogP contribution in [0.5, 0.6) is 5.88 Å². The molecule has 2 fully saturated rings. The molecule has 1 aromatic rings. The molecule has 1 aromatic heterocycles. The summed E-state index contributed by atoms with van der Waals surface area (Å²) in [6.07, 6.45) is 1.37. The summed E-state index contributed by atoms with van der Waals surface area (Å²) < 4.78 is 43.8. The third-order valence-electron chi connectivity index (χ3n) is 4.64. The number of ether oxygens (including phenoxy) is 1. The highest BCUT2D eigenvalue weighted by molar-refractivity contribution is 5.28. The van der Waals surface area contributed by atoms with Crippen LogP contribution in [0.15, 0.2) is 18.3 Å². The maximum atomic E-state index is 12.8. The van der Waals surface area contributed by atoms with Crippen molar-refractivity contribution in [2.75, 3.05) is 19.7 Å². The van der Waals surface area contributed by atoms with Gasteiger partial charge < -0.3 is 10.1 Å². The van der Waals surface area contributed by atoms with E-state index in [0.29, 0.717) is 17.9 Å². The first-order valence-electron chi connectivity index (χ1n) is 7.34. The number of nitrogens with zero attached hydrogens (tertiary/aromatic N) is 1. The van der Waals surface area contributed by atoms with Crippen LogP contribution < -0.4 is 10.1 Å². The molecule has 0 unspecified atom stereocenters. The minimum Gasteiger partial charge on any atom is -0.477 e. The number of rotatable bonds is 3. The van der Waals surface area contributed by atoms with E-state index in [1.165, 1.54) is 25.1 Å². The molecule has 3 rings (SSSR count). The van der Waals surface area contributed by atoms with Crippen LogP contribution in [-0.2, 0) is 6.18 Å². The average Bonchev–Trinajstić information content (AvgIpc) is 2.43. The van der Waals surface area contributed by atoms with Gasteiger partial charge >= 0.3 is 6.18 Å². The Morgan fingerprint density at radius 1 is 1.29 bits per heavy atom. The molecule has 1 aliphatic heterocycles. The summed E-state index contributed by atoms with van der Waals surface area (Å²) in [4.78, 5) is 3.73. The number of halogens is 3. The molecule has 6 heteroatoms. The summed E-state index contributed by atoms with van der Waals surface area (Å²) in [6.45, 7) is 2.42. The highest BCUT2D eigenvalue weighted by Gasteiger charge is 2.45. The van der Waals surface area contributed by atoms with Gasteiger partial charge in [0.1, 0.15) is 5.56 Å². The number of hydrogen-bond donors (Lipinski definition) is 1. The molecule has 116 valence electrons. The van der Waals surface area contributed by atoms with Gasteiger partial charge in [-0.25, -0.2) is 4.98 Å². The van der Waals surface area contributed by atoms with Crippen LogP contribution in [0.2, 0.25) is 0 Å². The van der Waals surface area contributed by atoms with E-state index in [9.17, 15) is 13.2 Å². The van der Waals surface area contributed by atoms with E-state index in [4.69, 9.17) is 4.74 Å². The van der Waals surface area contributed by atoms with Crippen LogP contribution in [0.25, 0.3) is 0 Å². The van der Waals surface area contributed by atoms with E-state index in [2.05, 4.69) is 10.3 Å². The molecule has 1 aliphatic carbocycles. The molecule has 0 radical (unpaired) electrons. The van der Waals surface area contributed by atoms with Gasteiger partial charge in [-0.1, -0.05) is 0 Å². The number of pyridine rings is 1. The molecule has 1 spiro atoms. The molecular weight excluding hydrogens is 281 g/mol. The average molecular weight is 300 g/mol. The highest BCUT2D eigenvalue weighted by Crippen LogP contribution is 2.51. The van der Waals surface area contributed by atoms with Gasteiger partial charge in [0.05, 0.1) is 6.61 Å². The molecule has 1 saturated carbocycles. The summed E-state index contributed by atoms with van der Waals surface area (Å²) in [5.41, 5.74) is -0.378. The van der Waals surface area contributed by atoms with Crippen LogP contribution in [-0.4, -0.2) is 24.7 Å². The van der Waals surface area contributed by atoms with Crippen molar-refractivity contribution in [2.24, 2.45) is 11.3 Å². The van der Waals surface area contributed by atoms with E-state index in [1.807, 2.05) is 0 Å². The van der Waals surface area contributed by atoms with E-state index in [1.54, 1.807) is 0 Å². The molecule has 3 nitrogen and oxygen atoms in total. The third-order valence-corrected chi connectivity index (χ3v) is 4.64. The zero-order valence-electron chi connectivity index (χ0n) is 11.7. The van der Waals surface area contributed by atoms with Crippen LogP contribution in [0.3, 0.4) is 0 Å². The molecule has 2 heterocycles. The van der Waals surface area contributed by atoms with E-state index >= 15 is 0 Å². The van der Waals surface area contributed by atoms with Crippen molar-refractivity contribution in [3.63, 3.8) is 0 Å². The fourth-order valence-electron chi connectivity index (χ4n) is 3.57. The molecule has 0 bridgehead atoms. The highest BCUT2D eigenvalue weighted by atomic mass is 19.4. The van der Waals surface area contributed by atoms with Gasteiger partial charge in [0, 0.05) is 6.20 Å². The van der Waals surface area contributed by atoms with Crippen molar-refractivity contribution < 1.29 is 17.9 Å². The number of hydrogen-bond acceptors (Lipinski definition) is 3. The minimum absolute atomic E-state index is 0.295.